The summed E-state index contributed by atoms with van der Waals surface area (Å²) in [6.07, 6.45) is 1.68. The van der Waals surface area contributed by atoms with Crippen molar-refractivity contribution in [2.45, 2.75) is 13.5 Å². The molecule has 0 aliphatic carbocycles. The number of hydrogen-bond acceptors (Lipinski definition) is 4. The second kappa shape index (κ2) is 6.70. The molecule has 0 fully saturated rings. The van der Waals surface area contributed by atoms with Gasteiger partial charge in [-0.05, 0) is 24.6 Å². The van der Waals surface area contributed by atoms with Gasteiger partial charge in [0.05, 0.1) is 6.61 Å². The van der Waals surface area contributed by atoms with Crippen LogP contribution >= 0.6 is 0 Å². The van der Waals surface area contributed by atoms with Gasteiger partial charge >= 0.3 is 5.97 Å². The zero-order valence-corrected chi connectivity index (χ0v) is 11.7. The smallest absolute Gasteiger partial charge is 0.341 e. The molecule has 4 nitrogen and oxygen atoms in total. The minimum atomic E-state index is -0.337. The standard InChI is InChI=1S/C16H18N2O2/c1-3-20-16(19)14-10-7-11-17-15(14)18(2)12-13-8-5-4-6-9-13/h4-11H,3,12H2,1-2H3. The van der Waals surface area contributed by atoms with Crippen molar-refractivity contribution in [2.75, 3.05) is 18.6 Å². The predicted octanol–water partition coefficient (Wildman–Crippen LogP) is 2.89. The Morgan fingerprint density at radius 1 is 1.20 bits per heavy atom. The van der Waals surface area contributed by atoms with E-state index in [1.807, 2.05) is 42.3 Å². The van der Waals surface area contributed by atoms with Gasteiger partial charge in [0, 0.05) is 19.8 Å². The highest BCUT2D eigenvalue weighted by Gasteiger charge is 2.16. The van der Waals surface area contributed by atoms with Gasteiger partial charge in [-0.15, -0.1) is 0 Å². The van der Waals surface area contributed by atoms with Crippen molar-refractivity contribution in [2.24, 2.45) is 0 Å². The fraction of sp³-hybridized carbons (Fsp3) is 0.250. The van der Waals surface area contributed by atoms with E-state index in [9.17, 15) is 4.79 Å². The van der Waals surface area contributed by atoms with Crippen LogP contribution < -0.4 is 4.90 Å². The molecule has 0 unspecified atom stereocenters. The molecular weight excluding hydrogens is 252 g/mol. The number of carbonyl (C=O) groups is 1. The topological polar surface area (TPSA) is 42.4 Å². The Kier molecular flexibility index (Phi) is 4.71. The first-order chi connectivity index (χ1) is 9.72. The third-order valence-corrected chi connectivity index (χ3v) is 2.91. The van der Waals surface area contributed by atoms with E-state index in [1.54, 1.807) is 25.3 Å². The lowest BCUT2D eigenvalue weighted by Gasteiger charge is -2.20. The van der Waals surface area contributed by atoms with Crippen LogP contribution in [0.1, 0.15) is 22.8 Å². The number of benzene rings is 1. The molecule has 0 aliphatic heterocycles. The lowest BCUT2D eigenvalue weighted by Crippen LogP contribution is -2.21. The zero-order valence-electron chi connectivity index (χ0n) is 11.7. The zero-order chi connectivity index (χ0) is 14.4. The summed E-state index contributed by atoms with van der Waals surface area (Å²) in [6, 6.07) is 13.5. The first-order valence-electron chi connectivity index (χ1n) is 6.59. The maximum Gasteiger partial charge on any atom is 0.341 e. The van der Waals surface area contributed by atoms with Crippen molar-refractivity contribution in [1.82, 2.24) is 4.98 Å². The number of anilines is 1. The van der Waals surface area contributed by atoms with Crippen molar-refractivity contribution in [1.29, 1.82) is 0 Å². The predicted molar refractivity (Wildman–Crippen MR) is 78.7 cm³/mol. The number of nitrogens with zero attached hydrogens (tertiary/aromatic N) is 2. The van der Waals surface area contributed by atoms with Crippen LogP contribution in [0.25, 0.3) is 0 Å². The first kappa shape index (κ1) is 14.1. The second-order valence-corrected chi connectivity index (χ2v) is 4.44. The lowest BCUT2D eigenvalue weighted by atomic mass is 10.2. The molecule has 0 aliphatic rings. The number of rotatable bonds is 5. The highest BCUT2D eigenvalue weighted by molar-refractivity contribution is 5.94. The molecule has 4 heteroatoms. The fourth-order valence-electron chi connectivity index (χ4n) is 2.00. The van der Waals surface area contributed by atoms with E-state index in [0.717, 1.165) is 5.56 Å². The van der Waals surface area contributed by atoms with Crippen molar-refractivity contribution in [3.63, 3.8) is 0 Å². The summed E-state index contributed by atoms with van der Waals surface area (Å²) in [5.74, 6) is 0.297. The van der Waals surface area contributed by atoms with Crippen molar-refractivity contribution in [3.8, 4) is 0 Å². The lowest BCUT2D eigenvalue weighted by molar-refractivity contribution is 0.0526. The van der Waals surface area contributed by atoms with Crippen molar-refractivity contribution < 1.29 is 9.53 Å². The fourth-order valence-corrected chi connectivity index (χ4v) is 2.00. The quantitative estimate of drug-likeness (QED) is 0.783. The summed E-state index contributed by atoms with van der Waals surface area (Å²) in [7, 11) is 1.91. The van der Waals surface area contributed by atoms with Gasteiger partial charge in [0.1, 0.15) is 11.4 Å². The second-order valence-electron chi connectivity index (χ2n) is 4.44. The third kappa shape index (κ3) is 3.35. The van der Waals surface area contributed by atoms with Crippen LogP contribution in [0, 0.1) is 0 Å². The van der Waals surface area contributed by atoms with Gasteiger partial charge < -0.3 is 9.64 Å². The summed E-state index contributed by atoms with van der Waals surface area (Å²) < 4.78 is 5.06. The van der Waals surface area contributed by atoms with Crippen LogP contribution in [0.3, 0.4) is 0 Å². The average Bonchev–Trinajstić information content (AvgIpc) is 2.48. The Morgan fingerprint density at radius 3 is 2.65 bits per heavy atom. The molecule has 2 aromatic rings. The molecular formula is C16H18N2O2. The SMILES string of the molecule is CCOC(=O)c1cccnc1N(C)Cc1ccccc1. The normalized spacial score (nSPS) is 10.1. The van der Waals surface area contributed by atoms with E-state index < -0.39 is 0 Å². The molecule has 104 valence electrons. The maximum absolute atomic E-state index is 11.9. The van der Waals surface area contributed by atoms with E-state index in [1.165, 1.54) is 0 Å². The Hall–Kier alpha value is -2.36. The van der Waals surface area contributed by atoms with Crippen LogP contribution in [-0.2, 0) is 11.3 Å². The Labute approximate surface area is 119 Å². The molecule has 0 spiro atoms. The molecule has 0 bridgehead atoms. The van der Waals surface area contributed by atoms with Crippen LogP contribution in [0.15, 0.2) is 48.7 Å². The van der Waals surface area contributed by atoms with E-state index in [-0.39, 0.29) is 5.97 Å². The average molecular weight is 270 g/mol. The molecule has 20 heavy (non-hydrogen) atoms. The molecule has 0 N–H and O–H groups in total. The van der Waals surface area contributed by atoms with Crippen molar-refractivity contribution >= 4 is 11.8 Å². The highest BCUT2D eigenvalue weighted by atomic mass is 16.5. The van der Waals surface area contributed by atoms with Gasteiger partial charge in [-0.25, -0.2) is 9.78 Å². The maximum atomic E-state index is 11.9. The summed E-state index contributed by atoms with van der Waals surface area (Å²) in [6.45, 7) is 2.83. The largest absolute Gasteiger partial charge is 0.462 e. The number of carbonyl (C=O) groups excluding carboxylic acids is 1. The number of pyridine rings is 1. The molecule has 1 aromatic carbocycles. The third-order valence-electron chi connectivity index (χ3n) is 2.91. The van der Waals surface area contributed by atoms with E-state index >= 15 is 0 Å². The van der Waals surface area contributed by atoms with Gasteiger partial charge in [-0.1, -0.05) is 30.3 Å². The summed E-state index contributed by atoms with van der Waals surface area (Å²) in [5.41, 5.74) is 1.66. The van der Waals surface area contributed by atoms with E-state index in [0.29, 0.717) is 24.5 Å². The minimum absolute atomic E-state index is 0.337. The van der Waals surface area contributed by atoms with Crippen molar-refractivity contribution in [3.05, 3.63) is 59.8 Å². The van der Waals surface area contributed by atoms with Gasteiger partial charge in [-0.2, -0.15) is 0 Å². The molecule has 0 saturated carbocycles. The van der Waals surface area contributed by atoms with Crippen LogP contribution in [0.5, 0.6) is 0 Å². The molecule has 0 saturated heterocycles. The Balaban J connectivity index is 2.21. The molecule has 1 aromatic heterocycles. The number of ether oxygens (including phenoxy) is 1. The van der Waals surface area contributed by atoms with Gasteiger partial charge in [-0.3, -0.25) is 0 Å². The molecule has 0 atom stereocenters. The number of hydrogen-bond donors (Lipinski definition) is 0. The number of aromatic nitrogens is 1. The molecule has 1 heterocycles. The van der Waals surface area contributed by atoms with Gasteiger partial charge in [0.2, 0.25) is 0 Å². The summed E-state index contributed by atoms with van der Waals surface area (Å²) >= 11 is 0. The monoisotopic (exact) mass is 270 g/mol. The van der Waals surface area contributed by atoms with Gasteiger partial charge in [0.25, 0.3) is 0 Å². The minimum Gasteiger partial charge on any atom is -0.462 e. The Bertz CT molecular complexity index is 570. The van der Waals surface area contributed by atoms with Crippen LogP contribution in [0.2, 0.25) is 0 Å². The Morgan fingerprint density at radius 2 is 1.95 bits per heavy atom. The first-order valence-corrected chi connectivity index (χ1v) is 6.59. The molecule has 2 rings (SSSR count). The molecule has 0 amide bonds. The van der Waals surface area contributed by atoms with Crippen LogP contribution in [-0.4, -0.2) is 24.6 Å². The number of esters is 1. The summed E-state index contributed by atoms with van der Waals surface area (Å²) in [5, 5.41) is 0. The molecule has 0 radical (unpaired) electrons. The van der Waals surface area contributed by atoms with Gasteiger partial charge in [0.15, 0.2) is 0 Å². The highest BCUT2D eigenvalue weighted by Crippen LogP contribution is 2.19. The van der Waals surface area contributed by atoms with E-state index in [4.69, 9.17) is 4.74 Å². The van der Waals surface area contributed by atoms with Crippen LogP contribution in [0.4, 0.5) is 5.82 Å². The summed E-state index contributed by atoms with van der Waals surface area (Å²) in [4.78, 5) is 18.2. The van der Waals surface area contributed by atoms with E-state index in [2.05, 4.69) is 4.98 Å².